The minimum absolute atomic E-state index is 0.0935. The number of methoxy groups -OCH3 is 4. The molecular weight excluding hydrogens is 216 g/mol. The second-order valence-electron chi connectivity index (χ2n) is 2.44. The first kappa shape index (κ1) is 12.0. The van der Waals surface area contributed by atoms with E-state index in [0.717, 1.165) is 0 Å². The van der Waals surface area contributed by atoms with Crippen molar-refractivity contribution in [3.05, 3.63) is 0 Å². The van der Waals surface area contributed by atoms with Gasteiger partial charge in [-0.25, -0.2) is 0 Å². The van der Waals surface area contributed by atoms with Crippen LogP contribution in [0.5, 0.6) is 0 Å². The minimum atomic E-state index is 0.0935. The molecule has 8 heteroatoms. The monoisotopic (exact) mass is 228 g/mol. The van der Waals surface area contributed by atoms with Crippen LogP contribution in [0, 0.1) is 0 Å². The second kappa shape index (κ2) is 5.69. The minimum Gasteiger partial charge on any atom is -0.476 e. The van der Waals surface area contributed by atoms with Crippen LogP contribution in [0.4, 0.5) is 0 Å². The fourth-order valence-electron chi connectivity index (χ4n) is 0.865. The largest absolute Gasteiger partial charge is 0.476 e. The zero-order chi connectivity index (χ0) is 12.0. The molecule has 0 fully saturated rings. The molecule has 0 radical (unpaired) electrons. The molecule has 0 bridgehead atoms. The first-order valence-corrected chi connectivity index (χ1v) is 4.24. The molecule has 0 amide bonds. The summed E-state index contributed by atoms with van der Waals surface area (Å²) in [5.41, 5.74) is 0. The molecule has 1 rings (SSSR count). The first-order valence-electron chi connectivity index (χ1n) is 4.24. The highest BCUT2D eigenvalue weighted by Crippen LogP contribution is 1.99. The van der Waals surface area contributed by atoms with E-state index in [1.165, 1.54) is 28.4 Å². The standard InChI is InChI=1S/C8H12N4O4/c1-13-5-6(14-2)10-12-8(16-4)7(15-3)11-9-5/h1-4H3/b6-5?,8-7?,9-5+,10-6+,11-7?,11-9?,12-8?,12-10?. The molecule has 0 N–H and O–H groups in total. The van der Waals surface area contributed by atoms with E-state index in [4.69, 9.17) is 18.9 Å². The molecule has 8 nitrogen and oxygen atoms in total. The summed E-state index contributed by atoms with van der Waals surface area (Å²) >= 11 is 0. The summed E-state index contributed by atoms with van der Waals surface area (Å²) in [7, 11) is 5.66. The van der Waals surface area contributed by atoms with Gasteiger partial charge in [0.2, 0.25) is 0 Å². The van der Waals surface area contributed by atoms with Crippen molar-refractivity contribution in [2.45, 2.75) is 0 Å². The van der Waals surface area contributed by atoms with Gasteiger partial charge in [-0.1, -0.05) is 0 Å². The van der Waals surface area contributed by atoms with Crippen molar-refractivity contribution in [2.24, 2.45) is 20.4 Å². The lowest BCUT2D eigenvalue weighted by molar-refractivity contribution is 0.355. The summed E-state index contributed by atoms with van der Waals surface area (Å²) in [6.45, 7) is 0. The maximum atomic E-state index is 4.91. The number of ether oxygens (including phenoxy) is 4. The maximum Gasteiger partial charge on any atom is 0.298 e. The molecular formula is C8H12N4O4. The normalized spacial score (nSPS) is 22.2. The van der Waals surface area contributed by atoms with Gasteiger partial charge in [-0.3, -0.25) is 0 Å². The van der Waals surface area contributed by atoms with Crippen LogP contribution in [0.25, 0.3) is 0 Å². The molecule has 0 atom stereocenters. The van der Waals surface area contributed by atoms with Crippen LogP contribution < -0.4 is 0 Å². The molecule has 0 aliphatic carbocycles. The Morgan fingerprint density at radius 2 is 0.688 bits per heavy atom. The molecule has 0 spiro atoms. The Morgan fingerprint density at radius 1 is 0.500 bits per heavy atom. The van der Waals surface area contributed by atoms with E-state index in [9.17, 15) is 0 Å². The maximum absolute atomic E-state index is 4.91. The van der Waals surface area contributed by atoms with Gasteiger partial charge in [0.05, 0.1) is 28.4 Å². The Bertz CT molecular complexity index is 300. The van der Waals surface area contributed by atoms with Crippen LogP contribution in [-0.2, 0) is 18.9 Å². The molecule has 0 aromatic heterocycles. The van der Waals surface area contributed by atoms with Crippen molar-refractivity contribution in [2.75, 3.05) is 28.4 Å². The lowest BCUT2D eigenvalue weighted by atomic mass is 10.6. The van der Waals surface area contributed by atoms with Crippen LogP contribution in [0.2, 0.25) is 0 Å². The number of hydrogen-bond donors (Lipinski definition) is 0. The highest BCUT2D eigenvalue weighted by molar-refractivity contribution is 6.38. The predicted molar refractivity (Wildman–Crippen MR) is 57.8 cm³/mol. The topological polar surface area (TPSA) is 86.4 Å². The van der Waals surface area contributed by atoms with E-state index in [2.05, 4.69) is 20.4 Å². The molecule has 0 saturated heterocycles. The predicted octanol–water partition coefficient (Wildman–Crippen LogP) is 0.00960. The van der Waals surface area contributed by atoms with Gasteiger partial charge in [0.25, 0.3) is 23.6 Å². The molecule has 1 aliphatic heterocycles. The molecule has 0 aromatic rings. The summed E-state index contributed by atoms with van der Waals surface area (Å²) in [6, 6.07) is 0. The number of hydrogen-bond acceptors (Lipinski definition) is 8. The molecule has 88 valence electrons. The Hall–Kier alpha value is -2.12. The molecule has 0 saturated carbocycles. The van der Waals surface area contributed by atoms with Crippen molar-refractivity contribution >= 4 is 23.6 Å². The third-order valence-corrected chi connectivity index (χ3v) is 1.60. The van der Waals surface area contributed by atoms with Crippen LogP contribution in [0.3, 0.4) is 0 Å². The van der Waals surface area contributed by atoms with E-state index >= 15 is 0 Å². The number of rotatable bonds is 0. The zero-order valence-electron chi connectivity index (χ0n) is 9.42. The average molecular weight is 228 g/mol. The van der Waals surface area contributed by atoms with Crippen molar-refractivity contribution < 1.29 is 18.9 Å². The van der Waals surface area contributed by atoms with Gasteiger partial charge in [-0.05, 0) is 0 Å². The Labute approximate surface area is 92.3 Å². The number of nitrogens with zero attached hydrogens (tertiary/aromatic N) is 4. The van der Waals surface area contributed by atoms with Gasteiger partial charge in [0.1, 0.15) is 0 Å². The van der Waals surface area contributed by atoms with Gasteiger partial charge in [-0.2, -0.15) is 0 Å². The zero-order valence-corrected chi connectivity index (χ0v) is 9.42. The third-order valence-electron chi connectivity index (χ3n) is 1.60. The first-order chi connectivity index (χ1) is 7.76. The van der Waals surface area contributed by atoms with Gasteiger partial charge < -0.3 is 18.9 Å². The third kappa shape index (κ3) is 2.47. The summed E-state index contributed by atoms with van der Waals surface area (Å²) in [6.07, 6.45) is 0. The van der Waals surface area contributed by atoms with E-state index in [1.54, 1.807) is 0 Å². The van der Waals surface area contributed by atoms with Crippen molar-refractivity contribution in [1.29, 1.82) is 0 Å². The second-order valence-corrected chi connectivity index (χ2v) is 2.44. The summed E-state index contributed by atoms with van der Waals surface area (Å²) in [5, 5.41) is 15.0. The van der Waals surface area contributed by atoms with E-state index in [0.29, 0.717) is 0 Å². The quantitative estimate of drug-likeness (QED) is 0.584. The summed E-state index contributed by atoms with van der Waals surface area (Å²) in [4.78, 5) is 0. The highest BCUT2D eigenvalue weighted by atomic mass is 16.5. The van der Waals surface area contributed by atoms with Gasteiger partial charge in [-0.15, -0.1) is 20.4 Å². The smallest absolute Gasteiger partial charge is 0.298 e. The van der Waals surface area contributed by atoms with Crippen LogP contribution in [0.15, 0.2) is 20.4 Å². The van der Waals surface area contributed by atoms with Crippen molar-refractivity contribution in [3.8, 4) is 0 Å². The molecule has 16 heavy (non-hydrogen) atoms. The summed E-state index contributed by atoms with van der Waals surface area (Å²) in [5.74, 6) is 0.374. The van der Waals surface area contributed by atoms with Gasteiger partial charge >= 0.3 is 0 Å². The average Bonchev–Trinajstić information content (AvgIpc) is 2.30. The fraction of sp³-hybridized carbons (Fsp3) is 0.500. The fourth-order valence-corrected chi connectivity index (χ4v) is 0.865. The van der Waals surface area contributed by atoms with Crippen LogP contribution >= 0.6 is 0 Å². The lowest BCUT2D eigenvalue weighted by Gasteiger charge is -2.08. The van der Waals surface area contributed by atoms with Gasteiger partial charge in [0.15, 0.2) is 0 Å². The molecule has 0 unspecified atom stereocenters. The Balaban J connectivity index is 3.13. The molecule has 1 heterocycles. The van der Waals surface area contributed by atoms with E-state index < -0.39 is 0 Å². The molecule has 0 aromatic carbocycles. The van der Waals surface area contributed by atoms with E-state index in [1.807, 2.05) is 0 Å². The van der Waals surface area contributed by atoms with Crippen LogP contribution in [-0.4, -0.2) is 52.0 Å². The lowest BCUT2D eigenvalue weighted by Crippen LogP contribution is -2.23. The highest BCUT2D eigenvalue weighted by Gasteiger charge is 2.17. The Kier molecular flexibility index (Phi) is 4.25. The van der Waals surface area contributed by atoms with E-state index in [-0.39, 0.29) is 23.6 Å². The Morgan fingerprint density at radius 3 is 0.812 bits per heavy atom. The summed E-state index contributed by atoms with van der Waals surface area (Å²) < 4.78 is 19.7. The molecule has 1 aliphatic rings. The van der Waals surface area contributed by atoms with Crippen LogP contribution in [0.1, 0.15) is 0 Å². The van der Waals surface area contributed by atoms with Gasteiger partial charge in [0, 0.05) is 0 Å². The SMILES string of the molecule is COC1=N/N=C(OC)\C(OC)=N/N=C1OC. The van der Waals surface area contributed by atoms with Crippen molar-refractivity contribution in [1.82, 2.24) is 0 Å². The van der Waals surface area contributed by atoms with Crippen molar-refractivity contribution in [3.63, 3.8) is 0 Å².